The van der Waals surface area contributed by atoms with Crippen LogP contribution in [0.2, 0.25) is 0 Å². The molecular formula is C19H33IN4O. The van der Waals surface area contributed by atoms with Crippen LogP contribution in [0.4, 0.5) is 0 Å². The van der Waals surface area contributed by atoms with Gasteiger partial charge >= 0.3 is 0 Å². The molecule has 0 unspecified atom stereocenters. The van der Waals surface area contributed by atoms with Crippen molar-refractivity contribution in [3.63, 3.8) is 0 Å². The highest BCUT2D eigenvalue weighted by molar-refractivity contribution is 14.0. The zero-order valence-corrected chi connectivity index (χ0v) is 18.2. The van der Waals surface area contributed by atoms with Crippen LogP contribution in [-0.4, -0.2) is 24.2 Å². The molecule has 0 fully saturated rings. The SMILES string of the molecule is CCNC(=NCc1c(CC)noc1CC)NCCC1=CCCCC1.I. The highest BCUT2D eigenvalue weighted by Crippen LogP contribution is 2.19. The van der Waals surface area contributed by atoms with Gasteiger partial charge in [-0.15, -0.1) is 24.0 Å². The van der Waals surface area contributed by atoms with Crippen molar-refractivity contribution >= 4 is 29.9 Å². The van der Waals surface area contributed by atoms with Gasteiger partial charge in [0, 0.05) is 25.1 Å². The fourth-order valence-electron chi connectivity index (χ4n) is 3.09. The Morgan fingerprint density at radius 2 is 2.04 bits per heavy atom. The van der Waals surface area contributed by atoms with Crippen LogP contribution in [0.25, 0.3) is 0 Å². The first kappa shape index (κ1) is 22.0. The van der Waals surface area contributed by atoms with Gasteiger partial charge in [-0.05, 0) is 45.4 Å². The van der Waals surface area contributed by atoms with E-state index in [1.54, 1.807) is 5.57 Å². The predicted molar refractivity (Wildman–Crippen MR) is 115 cm³/mol. The van der Waals surface area contributed by atoms with E-state index in [2.05, 4.69) is 42.6 Å². The molecule has 0 saturated heterocycles. The topological polar surface area (TPSA) is 62.5 Å². The van der Waals surface area contributed by atoms with Gasteiger partial charge < -0.3 is 15.2 Å². The summed E-state index contributed by atoms with van der Waals surface area (Å²) in [5, 5.41) is 10.9. The number of guanidine groups is 1. The van der Waals surface area contributed by atoms with Gasteiger partial charge in [-0.3, -0.25) is 0 Å². The number of nitrogens with zero attached hydrogens (tertiary/aromatic N) is 2. The lowest BCUT2D eigenvalue weighted by Gasteiger charge is -2.15. The van der Waals surface area contributed by atoms with Gasteiger partial charge in [0.1, 0.15) is 5.76 Å². The summed E-state index contributed by atoms with van der Waals surface area (Å²) in [5.74, 6) is 1.83. The van der Waals surface area contributed by atoms with E-state index in [0.717, 1.165) is 55.3 Å². The smallest absolute Gasteiger partial charge is 0.191 e. The van der Waals surface area contributed by atoms with Crippen molar-refractivity contribution in [2.45, 2.75) is 72.3 Å². The molecule has 25 heavy (non-hydrogen) atoms. The number of aromatic nitrogens is 1. The Hall–Kier alpha value is -1.05. The largest absolute Gasteiger partial charge is 0.361 e. The molecule has 5 nitrogen and oxygen atoms in total. The molecule has 1 aromatic rings. The Kier molecular flexibility index (Phi) is 10.8. The molecule has 0 atom stereocenters. The molecule has 2 N–H and O–H groups in total. The number of aliphatic imine (C=N–C) groups is 1. The fourth-order valence-corrected chi connectivity index (χ4v) is 3.09. The lowest BCUT2D eigenvalue weighted by atomic mass is 9.97. The lowest BCUT2D eigenvalue weighted by molar-refractivity contribution is 0.380. The van der Waals surface area contributed by atoms with Crippen LogP contribution in [-0.2, 0) is 19.4 Å². The van der Waals surface area contributed by atoms with Crippen LogP contribution in [0, 0.1) is 0 Å². The number of hydrogen-bond acceptors (Lipinski definition) is 3. The summed E-state index contributed by atoms with van der Waals surface area (Å²) in [7, 11) is 0. The molecule has 0 amide bonds. The molecule has 1 aliphatic carbocycles. The van der Waals surface area contributed by atoms with Crippen molar-refractivity contribution < 1.29 is 4.52 Å². The Labute approximate surface area is 169 Å². The molecule has 0 bridgehead atoms. The summed E-state index contributed by atoms with van der Waals surface area (Å²) in [6.45, 7) is 8.70. The predicted octanol–water partition coefficient (Wildman–Crippen LogP) is 4.36. The second-order valence-electron chi connectivity index (χ2n) is 6.22. The molecule has 1 aliphatic rings. The molecule has 142 valence electrons. The third-order valence-electron chi connectivity index (χ3n) is 4.47. The highest BCUT2D eigenvalue weighted by atomic mass is 127. The van der Waals surface area contributed by atoms with E-state index in [4.69, 9.17) is 9.52 Å². The molecule has 0 aliphatic heterocycles. The first-order valence-corrected chi connectivity index (χ1v) is 9.44. The number of nitrogens with one attached hydrogen (secondary N) is 2. The number of rotatable bonds is 8. The fraction of sp³-hybridized carbons (Fsp3) is 0.684. The standard InChI is InChI=1S/C19H32N4O.HI/c1-4-17-16(18(5-2)24-23-17)14-22-19(20-6-3)21-13-12-15-10-8-7-9-11-15;/h10H,4-9,11-14H2,1-3H3,(H2,20,21,22);1H. The van der Waals surface area contributed by atoms with Crippen LogP contribution < -0.4 is 10.6 Å². The first-order valence-electron chi connectivity index (χ1n) is 9.44. The molecule has 0 saturated carbocycles. The van der Waals surface area contributed by atoms with E-state index in [1.807, 2.05) is 0 Å². The minimum absolute atomic E-state index is 0. The van der Waals surface area contributed by atoms with Crippen LogP contribution in [0.5, 0.6) is 0 Å². The van der Waals surface area contributed by atoms with E-state index in [1.165, 1.54) is 25.7 Å². The molecule has 6 heteroatoms. The van der Waals surface area contributed by atoms with Crippen molar-refractivity contribution in [3.8, 4) is 0 Å². The van der Waals surface area contributed by atoms with E-state index in [0.29, 0.717) is 6.54 Å². The molecule has 0 aromatic carbocycles. The second-order valence-corrected chi connectivity index (χ2v) is 6.22. The Morgan fingerprint density at radius 1 is 1.20 bits per heavy atom. The summed E-state index contributed by atoms with van der Waals surface area (Å²) in [6.07, 6.45) is 10.5. The quantitative estimate of drug-likeness (QED) is 0.262. The minimum atomic E-state index is 0. The van der Waals surface area contributed by atoms with Gasteiger partial charge in [0.05, 0.1) is 12.2 Å². The van der Waals surface area contributed by atoms with Crippen molar-refractivity contribution in [2.75, 3.05) is 13.1 Å². The van der Waals surface area contributed by atoms with Crippen LogP contribution >= 0.6 is 24.0 Å². The summed E-state index contributed by atoms with van der Waals surface area (Å²) < 4.78 is 5.42. The minimum Gasteiger partial charge on any atom is -0.361 e. The van der Waals surface area contributed by atoms with E-state index in [-0.39, 0.29) is 24.0 Å². The van der Waals surface area contributed by atoms with Crippen LogP contribution in [0.1, 0.15) is 69.9 Å². The molecule has 1 aromatic heterocycles. The summed E-state index contributed by atoms with van der Waals surface area (Å²) in [4.78, 5) is 4.73. The third-order valence-corrected chi connectivity index (χ3v) is 4.47. The first-order chi connectivity index (χ1) is 11.8. The van der Waals surface area contributed by atoms with Gasteiger partial charge in [-0.25, -0.2) is 4.99 Å². The Bertz CT molecular complexity index is 544. The average Bonchev–Trinajstić information content (AvgIpc) is 3.02. The maximum Gasteiger partial charge on any atom is 0.191 e. The van der Waals surface area contributed by atoms with E-state index >= 15 is 0 Å². The van der Waals surface area contributed by atoms with Gasteiger partial charge in [0.2, 0.25) is 0 Å². The molecular weight excluding hydrogens is 427 g/mol. The Morgan fingerprint density at radius 3 is 2.68 bits per heavy atom. The van der Waals surface area contributed by atoms with Gasteiger partial charge in [-0.2, -0.15) is 0 Å². The van der Waals surface area contributed by atoms with Crippen LogP contribution in [0.15, 0.2) is 21.2 Å². The maximum absolute atomic E-state index is 5.42. The molecule has 0 spiro atoms. The Balaban J connectivity index is 0.00000312. The van der Waals surface area contributed by atoms with E-state index in [9.17, 15) is 0 Å². The second kappa shape index (κ2) is 12.3. The summed E-state index contributed by atoms with van der Waals surface area (Å²) in [5.41, 5.74) is 3.76. The third kappa shape index (κ3) is 6.99. The van der Waals surface area contributed by atoms with Crippen molar-refractivity contribution in [1.29, 1.82) is 0 Å². The number of halogens is 1. The van der Waals surface area contributed by atoms with Gasteiger partial charge in [-0.1, -0.05) is 30.7 Å². The molecule has 2 rings (SSSR count). The van der Waals surface area contributed by atoms with Crippen molar-refractivity contribution in [3.05, 3.63) is 28.7 Å². The average molecular weight is 460 g/mol. The number of allylic oxidation sites excluding steroid dienone is 1. The highest BCUT2D eigenvalue weighted by Gasteiger charge is 2.13. The van der Waals surface area contributed by atoms with Crippen LogP contribution in [0.3, 0.4) is 0 Å². The maximum atomic E-state index is 5.42. The van der Waals surface area contributed by atoms with E-state index < -0.39 is 0 Å². The van der Waals surface area contributed by atoms with Gasteiger partial charge in [0.25, 0.3) is 0 Å². The zero-order valence-electron chi connectivity index (χ0n) is 15.9. The van der Waals surface area contributed by atoms with Gasteiger partial charge in [0.15, 0.2) is 5.96 Å². The summed E-state index contributed by atoms with van der Waals surface area (Å²) >= 11 is 0. The monoisotopic (exact) mass is 460 g/mol. The van der Waals surface area contributed by atoms with Crippen molar-refractivity contribution in [1.82, 2.24) is 15.8 Å². The zero-order chi connectivity index (χ0) is 17.2. The lowest BCUT2D eigenvalue weighted by Crippen LogP contribution is -2.37. The van der Waals surface area contributed by atoms with Crippen molar-refractivity contribution in [2.24, 2.45) is 4.99 Å². The molecule has 0 radical (unpaired) electrons. The molecule has 1 heterocycles. The summed E-state index contributed by atoms with van der Waals surface area (Å²) in [6, 6.07) is 0. The normalized spacial score (nSPS) is 14.7. The number of aryl methyl sites for hydroxylation is 2. The number of hydrogen-bond donors (Lipinski definition) is 2.